The highest BCUT2D eigenvalue weighted by Gasteiger charge is 2.48. The first-order valence-corrected chi connectivity index (χ1v) is 5.03. The average molecular weight is 224 g/mol. The molecular weight excluding hydrogens is 211 g/mol. The zero-order chi connectivity index (χ0) is 11.8. The van der Waals surface area contributed by atoms with E-state index in [4.69, 9.17) is 9.47 Å². The average Bonchev–Trinajstić information content (AvgIpc) is 2.21. The number of rotatable bonds is 2. The van der Waals surface area contributed by atoms with Gasteiger partial charge in [0.25, 0.3) is 0 Å². The van der Waals surface area contributed by atoms with Crippen LogP contribution in [0.1, 0.15) is 11.1 Å². The summed E-state index contributed by atoms with van der Waals surface area (Å²) in [6.07, 6.45) is 0. The number of esters is 1. The molecule has 0 amide bonds. The van der Waals surface area contributed by atoms with Gasteiger partial charge in [0, 0.05) is 0 Å². The lowest BCUT2D eigenvalue weighted by Crippen LogP contribution is -2.53. The van der Waals surface area contributed by atoms with Crippen molar-refractivity contribution in [2.24, 2.45) is 0 Å². The summed E-state index contributed by atoms with van der Waals surface area (Å²) in [6.45, 7) is 2.26. The van der Waals surface area contributed by atoms with Gasteiger partial charge in [-0.15, -0.1) is 0 Å². The molecule has 1 aliphatic rings. The maximum atomic E-state index is 13.1. The minimum atomic E-state index is -0.743. The molecule has 16 heavy (non-hydrogen) atoms. The third-order valence-corrected chi connectivity index (χ3v) is 2.98. The topological polar surface area (TPSA) is 35.5 Å². The van der Waals surface area contributed by atoms with E-state index in [-0.39, 0.29) is 11.8 Å². The highest BCUT2D eigenvalue weighted by molar-refractivity contribution is 5.84. The van der Waals surface area contributed by atoms with Crippen molar-refractivity contribution < 1.29 is 18.7 Å². The molecular formula is C12H13FO3. The fourth-order valence-electron chi connectivity index (χ4n) is 1.85. The van der Waals surface area contributed by atoms with Gasteiger partial charge in [-0.3, -0.25) is 4.79 Å². The maximum Gasteiger partial charge on any atom is 0.321 e. The minimum Gasteiger partial charge on any atom is -0.468 e. The van der Waals surface area contributed by atoms with Crippen LogP contribution in [-0.4, -0.2) is 26.3 Å². The number of benzene rings is 1. The Hall–Kier alpha value is -1.42. The molecule has 0 radical (unpaired) electrons. The fourth-order valence-corrected chi connectivity index (χ4v) is 1.85. The van der Waals surface area contributed by atoms with E-state index in [2.05, 4.69) is 0 Å². The van der Waals surface area contributed by atoms with Crippen LogP contribution in [0.5, 0.6) is 0 Å². The second-order valence-corrected chi connectivity index (χ2v) is 4.03. The van der Waals surface area contributed by atoms with Crippen molar-refractivity contribution in [1.29, 1.82) is 0 Å². The number of hydrogen-bond acceptors (Lipinski definition) is 3. The molecule has 1 aliphatic heterocycles. The molecule has 1 fully saturated rings. The van der Waals surface area contributed by atoms with Gasteiger partial charge in [0.15, 0.2) is 0 Å². The summed E-state index contributed by atoms with van der Waals surface area (Å²) < 4.78 is 23.0. The van der Waals surface area contributed by atoms with Gasteiger partial charge in [-0.2, -0.15) is 0 Å². The summed E-state index contributed by atoms with van der Waals surface area (Å²) in [5, 5.41) is 0. The SMILES string of the molecule is COC(=O)C1(c2ccc(F)c(C)c2)COC1. The molecule has 1 heterocycles. The van der Waals surface area contributed by atoms with Gasteiger partial charge in [-0.1, -0.05) is 12.1 Å². The van der Waals surface area contributed by atoms with Crippen LogP contribution in [0, 0.1) is 12.7 Å². The molecule has 1 saturated heterocycles. The molecule has 4 heteroatoms. The lowest BCUT2D eigenvalue weighted by molar-refractivity contribution is -0.166. The molecule has 1 aromatic carbocycles. The summed E-state index contributed by atoms with van der Waals surface area (Å²) in [5.41, 5.74) is 0.532. The third-order valence-electron chi connectivity index (χ3n) is 2.98. The highest BCUT2D eigenvalue weighted by Crippen LogP contribution is 2.34. The van der Waals surface area contributed by atoms with Crippen LogP contribution in [0.3, 0.4) is 0 Å². The number of ether oxygens (including phenoxy) is 2. The Balaban J connectivity index is 2.41. The second kappa shape index (κ2) is 3.87. The van der Waals surface area contributed by atoms with E-state index in [1.807, 2.05) is 0 Å². The fraction of sp³-hybridized carbons (Fsp3) is 0.417. The van der Waals surface area contributed by atoms with Crippen LogP contribution < -0.4 is 0 Å². The summed E-state index contributed by atoms with van der Waals surface area (Å²) in [6, 6.07) is 4.66. The van der Waals surface area contributed by atoms with Crippen molar-refractivity contribution in [3.8, 4) is 0 Å². The van der Waals surface area contributed by atoms with Gasteiger partial charge in [0.1, 0.15) is 11.2 Å². The van der Waals surface area contributed by atoms with Gasteiger partial charge >= 0.3 is 5.97 Å². The van der Waals surface area contributed by atoms with E-state index in [9.17, 15) is 9.18 Å². The normalized spacial score (nSPS) is 17.7. The summed E-state index contributed by atoms with van der Waals surface area (Å²) in [5.74, 6) is -0.603. The smallest absolute Gasteiger partial charge is 0.321 e. The molecule has 0 spiro atoms. The van der Waals surface area contributed by atoms with Gasteiger partial charge in [0.05, 0.1) is 20.3 Å². The first-order chi connectivity index (χ1) is 7.60. The molecule has 2 rings (SSSR count). The van der Waals surface area contributed by atoms with Crippen LogP contribution in [0.25, 0.3) is 0 Å². The van der Waals surface area contributed by atoms with E-state index in [0.29, 0.717) is 18.8 Å². The van der Waals surface area contributed by atoms with E-state index >= 15 is 0 Å². The van der Waals surface area contributed by atoms with Crippen molar-refractivity contribution >= 4 is 5.97 Å². The van der Waals surface area contributed by atoms with Crippen LogP contribution in [-0.2, 0) is 19.7 Å². The van der Waals surface area contributed by atoms with Gasteiger partial charge < -0.3 is 9.47 Å². The van der Waals surface area contributed by atoms with Crippen molar-refractivity contribution in [2.45, 2.75) is 12.3 Å². The molecule has 0 atom stereocenters. The van der Waals surface area contributed by atoms with Crippen LogP contribution in [0.15, 0.2) is 18.2 Å². The van der Waals surface area contributed by atoms with Crippen LogP contribution in [0.2, 0.25) is 0 Å². The molecule has 0 aliphatic carbocycles. The Kier molecular flexibility index (Phi) is 2.68. The van der Waals surface area contributed by atoms with Gasteiger partial charge in [0.2, 0.25) is 0 Å². The number of carbonyl (C=O) groups is 1. The molecule has 3 nitrogen and oxygen atoms in total. The first kappa shape index (κ1) is 11.1. The summed E-state index contributed by atoms with van der Waals surface area (Å²) in [4.78, 5) is 11.7. The number of halogens is 1. The largest absolute Gasteiger partial charge is 0.468 e. The van der Waals surface area contributed by atoms with Crippen molar-refractivity contribution in [1.82, 2.24) is 0 Å². The third kappa shape index (κ3) is 1.50. The molecule has 0 aromatic heterocycles. The van der Waals surface area contributed by atoms with Crippen molar-refractivity contribution in [2.75, 3.05) is 20.3 Å². The predicted molar refractivity (Wildman–Crippen MR) is 55.7 cm³/mol. The Morgan fingerprint density at radius 3 is 2.62 bits per heavy atom. The zero-order valence-corrected chi connectivity index (χ0v) is 9.25. The number of carbonyl (C=O) groups excluding carboxylic acids is 1. The zero-order valence-electron chi connectivity index (χ0n) is 9.25. The highest BCUT2D eigenvalue weighted by atomic mass is 19.1. The number of hydrogen-bond donors (Lipinski definition) is 0. The van der Waals surface area contributed by atoms with E-state index < -0.39 is 5.41 Å². The quantitative estimate of drug-likeness (QED) is 0.715. The second-order valence-electron chi connectivity index (χ2n) is 4.03. The van der Waals surface area contributed by atoms with E-state index in [1.165, 1.54) is 13.2 Å². The molecule has 86 valence electrons. The predicted octanol–water partition coefficient (Wildman–Crippen LogP) is 1.58. The lowest BCUT2D eigenvalue weighted by atomic mass is 9.78. The molecule has 0 unspecified atom stereocenters. The molecule has 0 bridgehead atoms. The van der Waals surface area contributed by atoms with E-state index in [1.54, 1.807) is 19.1 Å². The lowest BCUT2D eigenvalue weighted by Gasteiger charge is -2.39. The van der Waals surface area contributed by atoms with Crippen LogP contribution >= 0.6 is 0 Å². The Morgan fingerprint density at radius 1 is 1.50 bits per heavy atom. The van der Waals surface area contributed by atoms with Crippen molar-refractivity contribution in [3.63, 3.8) is 0 Å². The van der Waals surface area contributed by atoms with Crippen molar-refractivity contribution in [3.05, 3.63) is 35.1 Å². The van der Waals surface area contributed by atoms with Gasteiger partial charge in [-0.05, 0) is 24.1 Å². The summed E-state index contributed by atoms with van der Waals surface area (Å²) >= 11 is 0. The standard InChI is InChI=1S/C12H13FO3/c1-8-5-9(3-4-10(8)13)12(6-16-7-12)11(14)15-2/h3-5H,6-7H2,1-2H3. The summed E-state index contributed by atoms with van der Waals surface area (Å²) in [7, 11) is 1.35. The number of methoxy groups -OCH3 is 1. The van der Waals surface area contributed by atoms with Crippen LogP contribution in [0.4, 0.5) is 4.39 Å². The Morgan fingerprint density at radius 2 is 2.19 bits per heavy atom. The number of aryl methyl sites for hydroxylation is 1. The first-order valence-electron chi connectivity index (χ1n) is 5.03. The molecule has 1 aromatic rings. The molecule has 0 N–H and O–H groups in total. The minimum absolute atomic E-state index is 0.274. The maximum absolute atomic E-state index is 13.1. The Bertz CT molecular complexity index is 424. The molecule has 0 saturated carbocycles. The van der Waals surface area contributed by atoms with E-state index in [0.717, 1.165) is 5.56 Å². The van der Waals surface area contributed by atoms with Gasteiger partial charge in [-0.25, -0.2) is 4.39 Å². The Labute approximate surface area is 93.2 Å². The monoisotopic (exact) mass is 224 g/mol.